The summed E-state index contributed by atoms with van der Waals surface area (Å²) in [6.07, 6.45) is 0.969. The predicted octanol–water partition coefficient (Wildman–Crippen LogP) is 6.09. The Morgan fingerprint density at radius 3 is 2.67 bits per heavy atom. The van der Waals surface area contributed by atoms with Gasteiger partial charge in [0.25, 0.3) is 0 Å². The molecule has 2 rings (SSSR count). The third-order valence-electron chi connectivity index (χ3n) is 3.13. The minimum absolute atomic E-state index is 0.229. The van der Waals surface area contributed by atoms with Crippen LogP contribution in [0.15, 0.2) is 45.3 Å². The summed E-state index contributed by atoms with van der Waals surface area (Å²) < 4.78 is 15.9. The van der Waals surface area contributed by atoms with Crippen LogP contribution in [0.5, 0.6) is 0 Å². The Balaban J connectivity index is 2.47. The Morgan fingerprint density at radius 1 is 1.24 bits per heavy atom. The zero-order chi connectivity index (χ0) is 15.4. The summed E-state index contributed by atoms with van der Waals surface area (Å²) in [5.41, 5.74) is 1.55. The van der Waals surface area contributed by atoms with E-state index in [4.69, 9.17) is 11.6 Å². The summed E-state index contributed by atoms with van der Waals surface area (Å²) in [7, 11) is 0. The fourth-order valence-electron chi connectivity index (χ4n) is 2.14. The van der Waals surface area contributed by atoms with E-state index in [1.54, 1.807) is 6.07 Å². The molecule has 0 bridgehead atoms. The summed E-state index contributed by atoms with van der Waals surface area (Å²) in [6.45, 7) is 2.88. The van der Waals surface area contributed by atoms with Crippen molar-refractivity contribution in [3.05, 3.63) is 67.3 Å². The van der Waals surface area contributed by atoms with Crippen molar-refractivity contribution in [1.29, 1.82) is 0 Å². The molecule has 21 heavy (non-hydrogen) atoms. The van der Waals surface area contributed by atoms with Crippen molar-refractivity contribution in [1.82, 2.24) is 5.32 Å². The lowest BCUT2D eigenvalue weighted by atomic mass is 9.98. The molecule has 112 valence electrons. The van der Waals surface area contributed by atoms with E-state index in [0.29, 0.717) is 15.1 Å². The zero-order valence-corrected chi connectivity index (χ0v) is 15.4. The highest BCUT2D eigenvalue weighted by atomic mass is 79.9. The lowest BCUT2D eigenvalue weighted by Crippen LogP contribution is -2.24. The Hall–Kier alpha value is -0.420. The second-order valence-corrected chi connectivity index (χ2v) is 6.91. The molecule has 1 N–H and O–H groups in total. The summed E-state index contributed by atoms with van der Waals surface area (Å²) >= 11 is 12.8. The molecule has 1 nitrogen and oxygen atoms in total. The first kappa shape index (κ1) is 16.9. The molecule has 0 radical (unpaired) electrons. The maximum atomic E-state index is 14.4. The molecule has 1 atom stereocenters. The number of benzene rings is 2. The third-order valence-corrected chi connectivity index (χ3v) is 4.82. The van der Waals surface area contributed by atoms with Crippen molar-refractivity contribution >= 4 is 43.5 Å². The molecular formula is C16H15Br2ClFN. The van der Waals surface area contributed by atoms with E-state index < -0.39 is 0 Å². The van der Waals surface area contributed by atoms with Gasteiger partial charge >= 0.3 is 0 Å². The molecule has 1 unspecified atom stereocenters. The molecule has 5 heteroatoms. The smallest absolute Gasteiger partial charge is 0.129 e. The van der Waals surface area contributed by atoms with Gasteiger partial charge in [0.15, 0.2) is 0 Å². The first-order valence-electron chi connectivity index (χ1n) is 6.66. The SMILES string of the molecule is CCCNC(c1cccc(Br)c1)c1cc(Cl)c(Br)cc1F. The molecular weight excluding hydrogens is 420 g/mol. The van der Waals surface area contributed by atoms with Crippen LogP contribution in [0.2, 0.25) is 5.02 Å². The monoisotopic (exact) mass is 433 g/mol. The summed E-state index contributed by atoms with van der Waals surface area (Å²) in [4.78, 5) is 0. The van der Waals surface area contributed by atoms with Crippen molar-refractivity contribution in [2.75, 3.05) is 6.54 Å². The molecule has 0 aliphatic carbocycles. The highest BCUT2D eigenvalue weighted by Crippen LogP contribution is 2.32. The zero-order valence-electron chi connectivity index (χ0n) is 11.5. The second kappa shape index (κ2) is 7.73. The third kappa shape index (κ3) is 4.28. The average molecular weight is 436 g/mol. The largest absolute Gasteiger partial charge is 0.306 e. The van der Waals surface area contributed by atoms with Crippen molar-refractivity contribution in [2.45, 2.75) is 19.4 Å². The lowest BCUT2D eigenvalue weighted by molar-refractivity contribution is 0.546. The van der Waals surface area contributed by atoms with Gasteiger partial charge in [-0.15, -0.1) is 0 Å². The number of hydrogen-bond donors (Lipinski definition) is 1. The molecule has 0 heterocycles. The molecule has 2 aromatic rings. The van der Waals surface area contributed by atoms with Crippen LogP contribution in [-0.4, -0.2) is 6.54 Å². The normalized spacial score (nSPS) is 12.4. The molecule has 0 saturated carbocycles. The van der Waals surface area contributed by atoms with Gasteiger partial charge in [0.05, 0.1) is 11.1 Å². The quantitative estimate of drug-likeness (QED) is 0.560. The van der Waals surface area contributed by atoms with Gasteiger partial charge in [-0.3, -0.25) is 0 Å². The van der Waals surface area contributed by atoms with Gasteiger partial charge in [-0.25, -0.2) is 4.39 Å². The fourth-order valence-corrected chi connectivity index (χ4v) is 3.05. The van der Waals surface area contributed by atoms with E-state index in [0.717, 1.165) is 23.0 Å². The van der Waals surface area contributed by atoms with E-state index in [1.807, 2.05) is 24.3 Å². The van der Waals surface area contributed by atoms with Crippen LogP contribution in [0.25, 0.3) is 0 Å². The van der Waals surface area contributed by atoms with Crippen LogP contribution < -0.4 is 5.32 Å². The maximum Gasteiger partial charge on any atom is 0.129 e. The topological polar surface area (TPSA) is 12.0 Å². The molecule has 0 aliphatic rings. The molecule has 2 aromatic carbocycles. The maximum absolute atomic E-state index is 14.4. The van der Waals surface area contributed by atoms with Crippen LogP contribution in [0.1, 0.15) is 30.5 Å². The minimum Gasteiger partial charge on any atom is -0.306 e. The summed E-state index contributed by atoms with van der Waals surface area (Å²) in [5.74, 6) is -0.278. The Labute approximate surface area is 146 Å². The molecule has 0 amide bonds. The Morgan fingerprint density at radius 2 is 2.00 bits per heavy atom. The molecule has 0 aliphatic heterocycles. The van der Waals surface area contributed by atoms with Crippen LogP contribution in [0.4, 0.5) is 4.39 Å². The van der Waals surface area contributed by atoms with Gasteiger partial charge in [-0.2, -0.15) is 0 Å². The van der Waals surface area contributed by atoms with Gasteiger partial charge in [-0.1, -0.05) is 46.6 Å². The first-order valence-corrected chi connectivity index (χ1v) is 8.62. The van der Waals surface area contributed by atoms with E-state index in [-0.39, 0.29) is 11.9 Å². The lowest BCUT2D eigenvalue weighted by Gasteiger charge is -2.21. The number of hydrogen-bond acceptors (Lipinski definition) is 1. The molecule has 0 aromatic heterocycles. The minimum atomic E-state index is -0.278. The molecule has 0 saturated heterocycles. The number of rotatable bonds is 5. The number of nitrogens with one attached hydrogen (secondary N) is 1. The van der Waals surface area contributed by atoms with Crippen molar-refractivity contribution in [2.24, 2.45) is 0 Å². The van der Waals surface area contributed by atoms with Gasteiger partial charge < -0.3 is 5.32 Å². The van der Waals surface area contributed by atoms with E-state index in [2.05, 4.69) is 44.1 Å². The van der Waals surface area contributed by atoms with Crippen LogP contribution >= 0.6 is 43.5 Å². The Bertz CT molecular complexity index is 634. The predicted molar refractivity (Wildman–Crippen MR) is 93.4 cm³/mol. The molecule has 0 spiro atoms. The van der Waals surface area contributed by atoms with E-state index >= 15 is 0 Å². The van der Waals surface area contributed by atoms with Gasteiger partial charge in [0.2, 0.25) is 0 Å². The van der Waals surface area contributed by atoms with Crippen molar-refractivity contribution in [3.63, 3.8) is 0 Å². The van der Waals surface area contributed by atoms with Crippen LogP contribution in [0.3, 0.4) is 0 Å². The summed E-state index contributed by atoms with van der Waals surface area (Å²) in [5, 5.41) is 3.89. The van der Waals surface area contributed by atoms with Gasteiger partial charge in [0.1, 0.15) is 5.82 Å². The summed E-state index contributed by atoms with van der Waals surface area (Å²) in [6, 6.07) is 10.7. The second-order valence-electron chi connectivity index (χ2n) is 4.73. The Kier molecular flexibility index (Phi) is 6.23. The van der Waals surface area contributed by atoms with Crippen molar-refractivity contribution < 1.29 is 4.39 Å². The van der Waals surface area contributed by atoms with Crippen molar-refractivity contribution in [3.8, 4) is 0 Å². The highest BCUT2D eigenvalue weighted by Gasteiger charge is 2.19. The number of halogens is 4. The van der Waals surface area contributed by atoms with Gasteiger partial charge in [-0.05, 0) is 58.7 Å². The van der Waals surface area contributed by atoms with Crippen LogP contribution in [0, 0.1) is 5.82 Å². The van der Waals surface area contributed by atoms with Crippen LogP contribution in [-0.2, 0) is 0 Å². The highest BCUT2D eigenvalue weighted by molar-refractivity contribution is 9.10. The first-order chi connectivity index (χ1) is 10.0. The fraction of sp³-hybridized carbons (Fsp3) is 0.250. The average Bonchev–Trinajstić information content (AvgIpc) is 2.44. The van der Waals surface area contributed by atoms with Gasteiger partial charge in [0, 0.05) is 14.5 Å². The molecule has 0 fully saturated rings. The van der Waals surface area contributed by atoms with E-state index in [9.17, 15) is 4.39 Å². The van der Waals surface area contributed by atoms with E-state index in [1.165, 1.54) is 6.07 Å². The standard InChI is InChI=1S/C16H15Br2ClFN/c1-2-6-21-16(10-4-3-5-11(17)7-10)12-8-14(19)13(18)9-15(12)20/h3-5,7-9,16,21H,2,6H2,1H3.